The van der Waals surface area contributed by atoms with E-state index in [0.29, 0.717) is 10.8 Å². The van der Waals surface area contributed by atoms with E-state index < -0.39 is 14.1 Å². The Morgan fingerprint density at radius 1 is 1.47 bits per heavy atom. The van der Waals surface area contributed by atoms with Crippen LogP contribution in [0.4, 0.5) is 5.69 Å². The Hall–Kier alpha value is -0.830. The van der Waals surface area contributed by atoms with Gasteiger partial charge in [-0.05, 0) is 23.3 Å². The summed E-state index contributed by atoms with van der Waals surface area (Å²) in [7, 11) is -3.83. The molecule has 0 saturated carbocycles. The number of nitrogens with zero attached hydrogens (tertiary/aromatic N) is 1. The number of rotatable bonds is 5. The van der Waals surface area contributed by atoms with Crippen molar-refractivity contribution in [1.82, 2.24) is 0 Å². The normalized spacial score (nSPS) is 11.4. The minimum atomic E-state index is -4.14. The van der Waals surface area contributed by atoms with Crippen LogP contribution in [0.25, 0.3) is 0 Å². The third-order valence-electron chi connectivity index (χ3n) is 1.88. The fourth-order valence-electron chi connectivity index (χ4n) is 1.21. The largest absolute Gasteiger partial charge is 0.319 e. The molecule has 0 heterocycles. The van der Waals surface area contributed by atoms with Gasteiger partial charge < -0.3 is 0 Å². The number of nitro groups is 1. The van der Waals surface area contributed by atoms with Crippen molar-refractivity contribution < 1.29 is 17.9 Å². The number of hydrogen-bond donors (Lipinski definition) is 1. The molecule has 0 radical (unpaired) electrons. The minimum Gasteiger partial charge on any atom is -0.277 e. The van der Waals surface area contributed by atoms with Crippen molar-refractivity contribution in [1.29, 1.82) is 0 Å². The molecular formula is C8H8ClNO5S2. The van der Waals surface area contributed by atoms with Gasteiger partial charge in [-0.1, -0.05) is 17.7 Å². The summed E-state index contributed by atoms with van der Waals surface area (Å²) in [5.41, 5.74) is 0.101. The van der Waals surface area contributed by atoms with E-state index >= 15 is 0 Å². The summed E-state index contributed by atoms with van der Waals surface area (Å²) in [5, 5.41) is 10.9. The van der Waals surface area contributed by atoms with E-state index in [2.05, 4.69) is 0 Å². The highest BCUT2D eigenvalue weighted by Crippen LogP contribution is 2.28. The van der Waals surface area contributed by atoms with Gasteiger partial charge in [0.25, 0.3) is 5.69 Å². The van der Waals surface area contributed by atoms with Gasteiger partial charge in [-0.2, -0.15) is 8.42 Å². The molecule has 9 heteroatoms. The quantitative estimate of drug-likeness (QED) is 0.388. The molecule has 1 aromatic carbocycles. The second-order valence-corrected chi connectivity index (χ2v) is 6.87. The van der Waals surface area contributed by atoms with Crippen molar-refractivity contribution in [3.63, 3.8) is 0 Å². The molecule has 94 valence electrons. The molecule has 0 spiro atoms. The van der Waals surface area contributed by atoms with Crippen molar-refractivity contribution in [3.05, 3.63) is 38.9 Å². The maximum Gasteiger partial charge on any atom is 0.319 e. The lowest BCUT2D eigenvalue weighted by atomic mass is 10.1. The van der Waals surface area contributed by atoms with Crippen LogP contribution in [0, 0.1) is 10.1 Å². The van der Waals surface area contributed by atoms with Crippen molar-refractivity contribution >= 4 is 37.2 Å². The molecule has 0 saturated heterocycles. The zero-order valence-electron chi connectivity index (χ0n) is 8.37. The highest BCUT2D eigenvalue weighted by molar-refractivity contribution is 8.69. The highest BCUT2D eigenvalue weighted by atomic mass is 35.5. The van der Waals surface area contributed by atoms with Crippen LogP contribution in [0.5, 0.6) is 0 Å². The zero-order chi connectivity index (χ0) is 13.1. The van der Waals surface area contributed by atoms with Crippen LogP contribution in [0.15, 0.2) is 18.2 Å². The van der Waals surface area contributed by atoms with E-state index in [0.717, 1.165) is 0 Å². The van der Waals surface area contributed by atoms with Crippen LogP contribution < -0.4 is 0 Å². The van der Waals surface area contributed by atoms with Gasteiger partial charge in [0, 0.05) is 17.4 Å². The first kappa shape index (κ1) is 14.2. The zero-order valence-corrected chi connectivity index (χ0v) is 10.8. The van der Waals surface area contributed by atoms with Crippen LogP contribution >= 0.6 is 22.4 Å². The summed E-state index contributed by atoms with van der Waals surface area (Å²) in [6.07, 6.45) is 0.0838. The van der Waals surface area contributed by atoms with Gasteiger partial charge in [0.05, 0.1) is 9.95 Å². The lowest BCUT2D eigenvalue weighted by Crippen LogP contribution is -2.00. The predicted molar refractivity (Wildman–Crippen MR) is 65.8 cm³/mol. The summed E-state index contributed by atoms with van der Waals surface area (Å²) in [5.74, 6) is -0.0105. The highest BCUT2D eigenvalue weighted by Gasteiger charge is 2.17. The summed E-state index contributed by atoms with van der Waals surface area (Å²) in [6.45, 7) is 0. The third kappa shape index (κ3) is 4.50. The fraction of sp³-hybridized carbons (Fsp3) is 0.250. The Bertz CT molecular complexity index is 531. The Balaban J connectivity index is 2.86. The maximum absolute atomic E-state index is 10.7. The average Bonchev–Trinajstić information content (AvgIpc) is 2.18. The van der Waals surface area contributed by atoms with Gasteiger partial charge in [-0.15, -0.1) is 0 Å². The molecule has 17 heavy (non-hydrogen) atoms. The minimum absolute atomic E-state index is 0.0105. The molecule has 0 fully saturated rings. The lowest BCUT2D eigenvalue weighted by Gasteiger charge is -2.04. The molecule has 0 aliphatic heterocycles. The van der Waals surface area contributed by atoms with E-state index in [-0.39, 0.29) is 28.4 Å². The van der Waals surface area contributed by atoms with Crippen LogP contribution in [0.1, 0.15) is 5.56 Å². The summed E-state index contributed by atoms with van der Waals surface area (Å²) in [6, 6.07) is 4.22. The summed E-state index contributed by atoms with van der Waals surface area (Å²) in [4.78, 5) is 10.1. The van der Waals surface area contributed by atoms with Crippen LogP contribution in [-0.2, 0) is 15.6 Å². The topological polar surface area (TPSA) is 97.5 Å². The van der Waals surface area contributed by atoms with Crippen LogP contribution in [0.3, 0.4) is 0 Å². The van der Waals surface area contributed by atoms with Gasteiger partial charge >= 0.3 is 9.15 Å². The molecule has 0 atom stereocenters. The summed E-state index contributed by atoms with van der Waals surface area (Å²) >= 11 is 5.80. The molecule has 0 aromatic heterocycles. The van der Waals surface area contributed by atoms with Gasteiger partial charge in [-0.3, -0.25) is 14.7 Å². The smallest absolute Gasteiger partial charge is 0.277 e. The second kappa shape index (κ2) is 5.67. The second-order valence-electron chi connectivity index (χ2n) is 2.99. The van der Waals surface area contributed by atoms with E-state index in [1.807, 2.05) is 0 Å². The molecule has 6 nitrogen and oxygen atoms in total. The molecule has 0 amide bonds. The van der Waals surface area contributed by atoms with Gasteiger partial charge in [0.2, 0.25) is 0 Å². The Labute approximate surface area is 106 Å². The lowest BCUT2D eigenvalue weighted by molar-refractivity contribution is -0.385. The average molecular weight is 298 g/mol. The molecular weight excluding hydrogens is 290 g/mol. The van der Waals surface area contributed by atoms with Crippen LogP contribution in [0.2, 0.25) is 5.02 Å². The summed E-state index contributed by atoms with van der Waals surface area (Å²) < 4.78 is 29.5. The van der Waals surface area contributed by atoms with Gasteiger partial charge in [0.15, 0.2) is 0 Å². The standard InChI is InChI=1S/C8H8ClNO5S2/c9-7-2-1-3-8(10(11)12)6(7)4-5-16-17(13,14)15/h1-3H,4-5H2,(H,13,14,15). The Morgan fingerprint density at radius 3 is 2.65 bits per heavy atom. The van der Waals surface area contributed by atoms with Crippen molar-refractivity contribution in [3.8, 4) is 0 Å². The first-order valence-electron chi connectivity index (χ1n) is 4.35. The van der Waals surface area contributed by atoms with Gasteiger partial charge in [0.1, 0.15) is 0 Å². The molecule has 1 N–H and O–H groups in total. The third-order valence-corrected chi connectivity index (χ3v) is 4.29. The number of hydrogen-bond acceptors (Lipinski definition) is 5. The fourth-order valence-corrected chi connectivity index (χ4v) is 2.86. The first-order chi connectivity index (χ1) is 7.81. The molecule has 0 aliphatic carbocycles. The van der Waals surface area contributed by atoms with E-state index in [1.54, 1.807) is 0 Å². The van der Waals surface area contributed by atoms with E-state index in [1.165, 1.54) is 18.2 Å². The Morgan fingerprint density at radius 2 is 2.12 bits per heavy atom. The van der Waals surface area contributed by atoms with E-state index in [4.69, 9.17) is 16.2 Å². The SMILES string of the molecule is O=[N+]([O-])c1cccc(Cl)c1CCSS(=O)(=O)O. The molecule has 0 bridgehead atoms. The predicted octanol–water partition coefficient (Wildman–Crippen LogP) is 2.33. The van der Waals surface area contributed by atoms with Crippen molar-refractivity contribution in [2.24, 2.45) is 0 Å². The number of nitro benzene ring substituents is 1. The first-order valence-corrected chi connectivity index (χ1v) is 7.67. The molecule has 0 aliphatic rings. The number of halogens is 1. The molecule has 1 rings (SSSR count). The van der Waals surface area contributed by atoms with Crippen LogP contribution in [-0.4, -0.2) is 23.6 Å². The Kier molecular flexibility index (Phi) is 4.75. The molecule has 0 unspecified atom stereocenters. The number of benzene rings is 1. The maximum atomic E-state index is 10.7. The van der Waals surface area contributed by atoms with E-state index in [9.17, 15) is 18.5 Å². The monoisotopic (exact) mass is 297 g/mol. The van der Waals surface area contributed by atoms with Crippen molar-refractivity contribution in [2.75, 3.05) is 5.75 Å². The van der Waals surface area contributed by atoms with Crippen molar-refractivity contribution in [2.45, 2.75) is 6.42 Å². The molecule has 1 aromatic rings. The van der Waals surface area contributed by atoms with Gasteiger partial charge in [-0.25, -0.2) is 0 Å².